The summed E-state index contributed by atoms with van der Waals surface area (Å²) >= 11 is 0. The number of aromatic amines is 1. The monoisotopic (exact) mass is 399 g/mol. The Labute approximate surface area is 167 Å². The van der Waals surface area contributed by atoms with E-state index in [9.17, 15) is 14.7 Å². The van der Waals surface area contributed by atoms with Gasteiger partial charge in [-0.3, -0.25) is 14.3 Å². The van der Waals surface area contributed by atoms with E-state index in [0.29, 0.717) is 17.3 Å². The van der Waals surface area contributed by atoms with E-state index in [0.717, 1.165) is 31.5 Å². The second-order valence-corrected chi connectivity index (χ2v) is 7.49. The number of H-pyrrole nitrogens is 1. The molecule has 2 N–H and O–H groups in total. The van der Waals surface area contributed by atoms with Crippen molar-refractivity contribution in [3.05, 3.63) is 50.7 Å². The third-order valence-electron chi connectivity index (χ3n) is 5.20. The first kappa shape index (κ1) is 19.3. The first-order chi connectivity index (χ1) is 13.9. The number of ether oxygens (including phenoxy) is 1. The highest BCUT2D eigenvalue weighted by Gasteiger charge is 2.25. The number of nitrogens with zero attached hydrogens (tertiary/aromatic N) is 4. The standard InChI is InChI=1S/C20H25N5O4/c1-13-6-5-7-15(10-13)29-12-14(26)11-25-16-17(23(2)20(28)22-18(16)27)21-19(25)24-8-3-4-9-24/h5-7,10,14,26H,3-4,8-9,11-12H2,1-2H3,(H,22,27,28). The van der Waals surface area contributed by atoms with Crippen LogP contribution in [0.4, 0.5) is 5.95 Å². The van der Waals surface area contributed by atoms with Crippen molar-refractivity contribution in [2.45, 2.75) is 32.4 Å². The van der Waals surface area contributed by atoms with Crippen LogP contribution < -0.4 is 20.9 Å². The van der Waals surface area contributed by atoms with Gasteiger partial charge >= 0.3 is 5.69 Å². The van der Waals surface area contributed by atoms with Gasteiger partial charge in [-0.05, 0) is 37.5 Å². The number of aliphatic hydroxyl groups is 1. The molecule has 9 heteroatoms. The smallest absolute Gasteiger partial charge is 0.329 e. The summed E-state index contributed by atoms with van der Waals surface area (Å²) < 4.78 is 8.73. The first-order valence-corrected chi connectivity index (χ1v) is 9.76. The molecule has 0 bridgehead atoms. The molecule has 0 radical (unpaired) electrons. The molecule has 0 saturated carbocycles. The Morgan fingerprint density at radius 1 is 1.28 bits per heavy atom. The van der Waals surface area contributed by atoms with Gasteiger partial charge in [-0.2, -0.15) is 4.98 Å². The molecule has 1 fully saturated rings. The average molecular weight is 399 g/mol. The molecule has 0 spiro atoms. The van der Waals surface area contributed by atoms with E-state index in [-0.39, 0.29) is 18.7 Å². The summed E-state index contributed by atoms with van der Waals surface area (Å²) in [5, 5.41) is 10.6. The number of imidazole rings is 1. The number of hydrogen-bond acceptors (Lipinski definition) is 6. The van der Waals surface area contributed by atoms with Gasteiger partial charge in [-0.1, -0.05) is 12.1 Å². The molecule has 1 aliphatic rings. The highest BCUT2D eigenvalue weighted by Crippen LogP contribution is 2.23. The number of aromatic nitrogens is 4. The van der Waals surface area contributed by atoms with Crippen LogP contribution >= 0.6 is 0 Å². The largest absolute Gasteiger partial charge is 0.491 e. The lowest BCUT2D eigenvalue weighted by Gasteiger charge is -2.20. The maximum Gasteiger partial charge on any atom is 0.329 e. The molecule has 3 aromatic rings. The van der Waals surface area contributed by atoms with Crippen LogP contribution in [0.1, 0.15) is 18.4 Å². The number of aliphatic hydroxyl groups excluding tert-OH is 1. The Bertz CT molecular complexity index is 1140. The number of fused-ring (bicyclic) bond motifs is 1. The van der Waals surface area contributed by atoms with Crippen LogP contribution in [0.25, 0.3) is 11.2 Å². The maximum atomic E-state index is 12.5. The van der Waals surface area contributed by atoms with E-state index >= 15 is 0 Å². The van der Waals surface area contributed by atoms with Gasteiger partial charge in [0.05, 0.1) is 6.54 Å². The van der Waals surface area contributed by atoms with Gasteiger partial charge < -0.3 is 19.3 Å². The lowest BCUT2D eigenvalue weighted by Crippen LogP contribution is -2.31. The zero-order valence-corrected chi connectivity index (χ0v) is 16.6. The second-order valence-electron chi connectivity index (χ2n) is 7.49. The van der Waals surface area contributed by atoms with E-state index in [4.69, 9.17) is 4.74 Å². The Kier molecular flexibility index (Phi) is 5.14. The maximum absolute atomic E-state index is 12.5. The molecule has 9 nitrogen and oxygen atoms in total. The molecule has 29 heavy (non-hydrogen) atoms. The quantitative estimate of drug-likeness (QED) is 0.634. The Hall–Kier alpha value is -3.07. The van der Waals surface area contributed by atoms with Gasteiger partial charge in [-0.25, -0.2) is 4.79 Å². The van der Waals surface area contributed by atoms with Gasteiger partial charge in [0.25, 0.3) is 5.56 Å². The molecule has 1 aromatic carbocycles. The minimum atomic E-state index is -0.856. The van der Waals surface area contributed by atoms with E-state index < -0.39 is 17.4 Å². The van der Waals surface area contributed by atoms with Crippen molar-refractivity contribution < 1.29 is 9.84 Å². The van der Waals surface area contributed by atoms with Gasteiger partial charge in [-0.15, -0.1) is 0 Å². The van der Waals surface area contributed by atoms with Crippen LogP contribution in [0.3, 0.4) is 0 Å². The number of nitrogens with one attached hydrogen (secondary N) is 1. The molecule has 1 atom stereocenters. The molecule has 1 aliphatic heterocycles. The van der Waals surface area contributed by atoms with Crippen LogP contribution in [-0.4, -0.2) is 50.0 Å². The van der Waals surface area contributed by atoms with Gasteiger partial charge in [0.15, 0.2) is 11.2 Å². The average Bonchev–Trinajstić information content (AvgIpc) is 3.33. The highest BCUT2D eigenvalue weighted by molar-refractivity contribution is 5.74. The van der Waals surface area contributed by atoms with E-state index in [1.807, 2.05) is 31.2 Å². The summed E-state index contributed by atoms with van der Waals surface area (Å²) in [5.41, 5.74) is 0.647. The molecular weight excluding hydrogens is 374 g/mol. The van der Waals surface area contributed by atoms with Gasteiger partial charge in [0.2, 0.25) is 5.95 Å². The van der Waals surface area contributed by atoms with Crippen molar-refractivity contribution in [3.8, 4) is 5.75 Å². The number of aryl methyl sites for hydroxylation is 2. The van der Waals surface area contributed by atoms with Crippen molar-refractivity contribution in [3.63, 3.8) is 0 Å². The van der Waals surface area contributed by atoms with Crippen molar-refractivity contribution in [2.75, 3.05) is 24.6 Å². The topological polar surface area (TPSA) is 105 Å². The van der Waals surface area contributed by atoms with Crippen LogP contribution in [-0.2, 0) is 13.6 Å². The summed E-state index contributed by atoms with van der Waals surface area (Å²) in [6, 6.07) is 7.60. The van der Waals surface area contributed by atoms with E-state index in [2.05, 4.69) is 14.9 Å². The Morgan fingerprint density at radius 3 is 2.76 bits per heavy atom. The van der Waals surface area contributed by atoms with Crippen molar-refractivity contribution >= 4 is 17.1 Å². The lowest BCUT2D eigenvalue weighted by molar-refractivity contribution is 0.0936. The number of benzene rings is 1. The first-order valence-electron chi connectivity index (χ1n) is 9.76. The molecular formula is C20H25N5O4. The second kappa shape index (κ2) is 7.75. The van der Waals surface area contributed by atoms with Crippen molar-refractivity contribution in [1.29, 1.82) is 0 Å². The molecule has 0 amide bonds. The number of hydrogen-bond donors (Lipinski definition) is 2. The molecule has 3 heterocycles. The molecule has 2 aromatic heterocycles. The normalized spacial score (nSPS) is 15.2. The number of rotatable bonds is 6. The van der Waals surface area contributed by atoms with Crippen LogP contribution in [0.5, 0.6) is 5.75 Å². The van der Waals surface area contributed by atoms with Gasteiger partial charge in [0, 0.05) is 20.1 Å². The van der Waals surface area contributed by atoms with Crippen LogP contribution in [0.15, 0.2) is 33.9 Å². The van der Waals surface area contributed by atoms with Crippen molar-refractivity contribution in [2.24, 2.45) is 7.05 Å². The third-order valence-corrected chi connectivity index (χ3v) is 5.20. The van der Waals surface area contributed by atoms with Gasteiger partial charge in [0.1, 0.15) is 18.5 Å². The summed E-state index contributed by atoms with van der Waals surface area (Å²) in [7, 11) is 1.57. The summed E-state index contributed by atoms with van der Waals surface area (Å²) in [6.07, 6.45) is 1.22. The lowest BCUT2D eigenvalue weighted by atomic mass is 10.2. The Balaban J connectivity index is 1.66. The molecule has 154 valence electrons. The fourth-order valence-electron chi connectivity index (χ4n) is 3.72. The highest BCUT2D eigenvalue weighted by atomic mass is 16.5. The summed E-state index contributed by atoms with van der Waals surface area (Å²) in [4.78, 5) is 33.5. The molecule has 4 rings (SSSR count). The fraction of sp³-hybridized carbons (Fsp3) is 0.450. The minimum Gasteiger partial charge on any atom is -0.491 e. The SMILES string of the molecule is Cc1cccc(OCC(O)Cn2c(N3CCCC3)nc3c2c(=O)[nH]c(=O)n3C)c1. The molecule has 1 unspecified atom stereocenters. The number of anilines is 1. The van der Waals surface area contributed by atoms with Crippen molar-refractivity contribution in [1.82, 2.24) is 19.1 Å². The zero-order valence-electron chi connectivity index (χ0n) is 16.6. The van der Waals surface area contributed by atoms with E-state index in [1.54, 1.807) is 11.6 Å². The molecule has 1 saturated heterocycles. The molecule has 0 aliphatic carbocycles. The predicted molar refractivity (Wildman–Crippen MR) is 110 cm³/mol. The predicted octanol–water partition coefficient (Wildman–Crippen LogP) is 0.772. The summed E-state index contributed by atoms with van der Waals surface area (Å²) in [6.45, 7) is 3.83. The zero-order chi connectivity index (χ0) is 20.5. The fourth-order valence-corrected chi connectivity index (χ4v) is 3.72. The van der Waals surface area contributed by atoms with Crippen LogP contribution in [0.2, 0.25) is 0 Å². The Morgan fingerprint density at radius 2 is 2.03 bits per heavy atom. The minimum absolute atomic E-state index is 0.0756. The van der Waals surface area contributed by atoms with Crippen LogP contribution in [0, 0.1) is 6.92 Å². The van der Waals surface area contributed by atoms with E-state index in [1.165, 1.54) is 4.57 Å². The third kappa shape index (κ3) is 3.77. The summed E-state index contributed by atoms with van der Waals surface area (Å²) in [5.74, 6) is 1.28.